The van der Waals surface area contributed by atoms with E-state index >= 15 is 0 Å². The van der Waals surface area contributed by atoms with E-state index in [1.807, 2.05) is 19.9 Å². The van der Waals surface area contributed by atoms with E-state index in [2.05, 4.69) is 34.3 Å². The molecule has 2 heteroatoms. The molecule has 2 N–H and O–H groups in total. The molecule has 0 aromatic carbocycles. The van der Waals surface area contributed by atoms with Crippen LogP contribution in [-0.2, 0) is 4.79 Å². The first-order chi connectivity index (χ1) is 8.33. The minimum Gasteiger partial charge on any atom is -0.370 e. The molecular formula is C16H35NO. The van der Waals surface area contributed by atoms with Gasteiger partial charge in [0.1, 0.15) is 0 Å². The summed E-state index contributed by atoms with van der Waals surface area (Å²) in [6.45, 7) is 16.4. The van der Waals surface area contributed by atoms with Gasteiger partial charge < -0.3 is 5.73 Å². The van der Waals surface area contributed by atoms with E-state index in [4.69, 9.17) is 5.73 Å². The molecule has 2 nitrogen and oxygen atoms in total. The quantitative estimate of drug-likeness (QED) is 0.523. The van der Waals surface area contributed by atoms with E-state index in [-0.39, 0.29) is 5.91 Å². The molecule has 0 saturated carbocycles. The lowest BCUT2D eigenvalue weighted by Crippen LogP contribution is -2.09. The Bertz CT molecular complexity index is 180. The molecule has 0 atom stereocenters. The third-order valence-electron chi connectivity index (χ3n) is 2.03. The largest absolute Gasteiger partial charge is 0.370 e. The maximum Gasteiger partial charge on any atom is 0.217 e. The molecule has 110 valence electrons. The molecule has 0 aliphatic carbocycles. The number of rotatable bonds is 6. The Labute approximate surface area is 115 Å². The molecule has 0 aromatic rings. The third kappa shape index (κ3) is 36.2. The zero-order valence-electron chi connectivity index (χ0n) is 13.5. The summed E-state index contributed by atoms with van der Waals surface area (Å²) in [5.41, 5.74) is 5.37. The van der Waals surface area contributed by atoms with Crippen molar-refractivity contribution in [3.8, 4) is 0 Å². The lowest BCUT2D eigenvalue weighted by atomic mass is 9.93. The SMILES string of the molecule is C=CCC(C)(C)C.CC.CCCCCCC(N)=O. The third-order valence-corrected chi connectivity index (χ3v) is 2.03. The number of allylic oxidation sites excluding steroid dienone is 1. The van der Waals surface area contributed by atoms with Crippen molar-refractivity contribution in [3.63, 3.8) is 0 Å². The molecular weight excluding hydrogens is 222 g/mol. The van der Waals surface area contributed by atoms with Crippen LogP contribution in [0.5, 0.6) is 0 Å². The van der Waals surface area contributed by atoms with Gasteiger partial charge in [0.05, 0.1) is 0 Å². The highest BCUT2D eigenvalue weighted by Crippen LogP contribution is 2.17. The molecule has 0 aliphatic rings. The molecule has 0 fully saturated rings. The summed E-state index contributed by atoms with van der Waals surface area (Å²) in [6.07, 6.45) is 8.14. The van der Waals surface area contributed by atoms with Gasteiger partial charge in [-0.15, -0.1) is 6.58 Å². The average molecular weight is 257 g/mol. The first kappa shape index (κ1) is 22.4. The molecule has 0 heterocycles. The molecule has 0 unspecified atom stereocenters. The number of hydrogen-bond donors (Lipinski definition) is 1. The normalized spacial score (nSPS) is 9.44. The maximum absolute atomic E-state index is 10.2. The standard InChI is InChI=1S/C7H15NO.C7H14.C2H6/c1-2-3-4-5-6-7(8)9;1-5-6-7(2,3)4;1-2/h2-6H2,1H3,(H2,8,9);5H,1,6H2,2-4H3;1-2H3. The second-order valence-corrected chi connectivity index (χ2v) is 5.33. The van der Waals surface area contributed by atoms with Gasteiger partial charge in [-0.1, -0.05) is 66.9 Å². The van der Waals surface area contributed by atoms with Crippen LogP contribution in [0.4, 0.5) is 0 Å². The minimum atomic E-state index is -0.175. The molecule has 0 spiro atoms. The zero-order valence-corrected chi connectivity index (χ0v) is 13.5. The van der Waals surface area contributed by atoms with Crippen LogP contribution in [0.1, 0.15) is 80.1 Å². The van der Waals surface area contributed by atoms with Crippen molar-refractivity contribution in [1.29, 1.82) is 0 Å². The Kier molecular flexibility index (Phi) is 20.2. The Morgan fingerprint density at radius 1 is 1.17 bits per heavy atom. The number of carbonyl (C=O) groups excluding carboxylic acids is 1. The van der Waals surface area contributed by atoms with Gasteiger partial charge in [-0.2, -0.15) is 0 Å². The van der Waals surface area contributed by atoms with Crippen molar-refractivity contribution >= 4 is 5.91 Å². The van der Waals surface area contributed by atoms with Crippen LogP contribution in [-0.4, -0.2) is 5.91 Å². The summed E-state index contributed by atoms with van der Waals surface area (Å²) >= 11 is 0. The highest BCUT2D eigenvalue weighted by molar-refractivity contribution is 5.73. The molecule has 18 heavy (non-hydrogen) atoms. The Morgan fingerprint density at radius 2 is 1.67 bits per heavy atom. The van der Waals surface area contributed by atoms with Gasteiger partial charge in [-0.25, -0.2) is 0 Å². The van der Waals surface area contributed by atoms with Crippen molar-refractivity contribution in [1.82, 2.24) is 0 Å². The molecule has 1 amide bonds. The summed E-state index contributed by atoms with van der Waals surface area (Å²) in [5, 5.41) is 0. The second kappa shape index (κ2) is 16.2. The number of primary amides is 1. The summed E-state index contributed by atoms with van der Waals surface area (Å²) < 4.78 is 0. The van der Waals surface area contributed by atoms with E-state index in [0.29, 0.717) is 11.8 Å². The summed E-state index contributed by atoms with van der Waals surface area (Å²) in [7, 11) is 0. The van der Waals surface area contributed by atoms with Crippen LogP contribution >= 0.6 is 0 Å². The summed E-state index contributed by atoms with van der Waals surface area (Å²) in [5.74, 6) is -0.175. The topological polar surface area (TPSA) is 43.1 Å². The highest BCUT2D eigenvalue weighted by Gasteiger charge is 2.04. The Hall–Kier alpha value is -0.790. The highest BCUT2D eigenvalue weighted by atomic mass is 16.1. The van der Waals surface area contributed by atoms with Crippen molar-refractivity contribution in [3.05, 3.63) is 12.7 Å². The van der Waals surface area contributed by atoms with Crippen molar-refractivity contribution in [2.75, 3.05) is 0 Å². The lowest BCUT2D eigenvalue weighted by Gasteiger charge is -2.13. The molecule has 0 rings (SSSR count). The van der Waals surface area contributed by atoms with Crippen LogP contribution in [0.25, 0.3) is 0 Å². The van der Waals surface area contributed by atoms with Crippen LogP contribution < -0.4 is 5.73 Å². The molecule has 0 radical (unpaired) electrons. The smallest absolute Gasteiger partial charge is 0.217 e. The predicted molar refractivity (Wildman–Crippen MR) is 83.6 cm³/mol. The lowest BCUT2D eigenvalue weighted by molar-refractivity contribution is -0.118. The van der Waals surface area contributed by atoms with Crippen LogP contribution in [0, 0.1) is 5.41 Å². The molecule has 0 bridgehead atoms. The van der Waals surface area contributed by atoms with E-state index in [1.54, 1.807) is 0 Å². The fourth-order valence-electron chi connectivity index (χ4n) is 1.16. The van der Waals surface area contributed by atoms with Gasteiger partial charge in [0.25, 0.3) is 0 Å². The van der Waals surface area contributed by atoms with Crippen LogP contribution in [0.15, 0.2) is 12.7 Å². The van der Waals surface area contributed by atoms with Crippen molar-refractivity contribution in [2.45, 2.75) is 80.1 Å². The number of carbonyl (C=O) groups is 1. The van der Waals surface area contributed by atoms with Crippen LogP contribution in [0.3, 0.4) is 0 Å². The first-order valence-electron chi connectivity index (χ1n) is 7.22. The van der Waals surface area contributed by atoms with E-state index in [1.165, 1.54) is 12.8 Å². The first-order valence-corrected chi connectivity index (χ1v) is 7.22. The zero-order chi connectivity index (χ0) is 15.0. The maximum atomic E-state index is 10.2. The number of nitrogens with two attached hydrogens (primary N) is 1. The number of amides is 1. The van der Waals surface area contributed by atoms with Crippen LogP contribution in [0.2, 0.25) is 0 Å². The van der Waals surface area contributed by atoms with Gasteiger partial charge in [0.15, 0.2) is 0 Å². The second-order valence-electron chi connectivity index (χ2n) is 5.33. The van der Waals surface area contributed by atoms with Crippen molar-refractivity contribution < 1.29 is 4.79 Å². The fraction of sp³-hybridized carbons (Fsp3) is 0.812. The molecule has 0 aromatic heterocycles. The Morgan fingerprint density at radius 3 is 1.89 bits per heavy atom. The van der Waals surface area contributed by atoms with Gasteiger partial charge in [-0.3, -0.25) is 4.79 Å². The summed E-state index contributed by atoms with van der Waals surface area (Å²) in [6, 6.07) is 0. The van der Waals surface area contributed by atoms with Gasteiger partial charge in [0, 0.05) is 6.42 Å². The van der Waals surface area contributed by atoms with Gasteiger partial charge in [-0.05, 0) is 18.3 Å². The van der Waals surface area contributed by atoms with E-state index in [9.17, 15) is 4.79 Å². The van der Waals surface area contributed by atoms with Gasteiger partial charge >= 0.3 is 0 Å². The average Bonchev–Trinajstić information content (AvgIpc) is 2.26. The minimum absolute atomic E-state index is 0.175. The number of unbranched alkanes of at least 4 members (excludes halogenated alkanes) is 3. The Balaban J connectivity index is -0.000000225. The predicted octanol–water partition coefficient (Wildman–Crippen LogP) is 5.08. The van der Waals surface area contributed by atoms with Crippen molar-refractivity contribution in [2.24, 2.45) is 11.1 Å². The number of hydrogen-bond acceptors (Lipinski definition) is 1. The molecule has 0 saturated heterocycles. The fourth-order valence-corrected chi connectivity index (χ4v) is 1.16. The van der Waals surface area contributed by atoms with E-state index in [0.717, 1.165) is 19.3 Å². The van der Waals surface area contributed by atoms with E-state index < -0.39 is 0 Å². The summed E-state index contributed by atoms with van der Waals surface area (Å²) in [4.78, 5) is 10.2. The molecule has 0 aliphatic heterocycles. The van der Waals surface area contributed by atoms with Gasteiger partial charge in [0.2, 0.25) is 5.91 Å². The monoisotopic (exact) mass is 257 g/mol.